The molecule has 5 nitrogen and oxygen atoms in total. The monoisotopic (exact) mass is 409 g/mol. The third kappa shape index (κ3) is 4.37. The number of hydrogen-bond acceptors (Lipinski definition) is 4. The zero-order chi connectivity index (χ0) is 21.0. The maximum atomic E-state index is 13.1. The summed E-state index contributed by atoms with van der Waals surface area (Å²) in [5.41, 5.74) is 3.65. The predicted octanol–water partition coefficient (Wildman–Crippen LogP) is 4.80. The van der Waals surface area contributed by atoms with E-state index in [0.717, 1.165) is 23.2 Å². The molecular weight excluding hydrogens is 382 g/mol. The summed E-state index contributed by atoms with van der Waals surface area (Å²) in [5.74, 6) is -0.0634. The summed E-state index contributed by atoms with van der Waals surface area (Å²) < 4.78 is 1.65. The van der Waals surface area contributed by atoms with Gasteiger partial charge >= 0.3 is 0 Å². The molecule has 0 radical (unpaired) electrons. The van der Waals surface area contributed by atoms with Gasteiger partial charge in [-0.05, 0) is 49.9 Å². The zero-order valence-electron chi connectivity index (χ0n) is 17.4. The lowest BCUT2D eigenvalue weighted by molar-refractivity contribution is -0.115. The molecule has 1 amide bonds. The first kappa shape index (κ1) is 21.1. The maximum absolute atomic E-state index is 13.1. The van der Waals surface area contributed by atoms with E-state index < -0.39 is 0 Å². The van der Waals surface area contributed by atoms with Crippen molar-refractivity contribution in [2.45, 2.75) is 57.5 Å². The molecule has 3 aromatic rings. The van der Waals surface area contributed by atoms with Crippen molar-refractivity contribution in [3.8, 4) is 0 Å². The molecule has 1 N–H and O–H groups in total. The number of aromatic nitrogens is 2. The molecule has 0 saturated heterocycles. The van der Waals surface area contributed by atoms with Gasteiger partial charge < -0.3 is 5.32 Å². The molecule has 6 heteroatoms. The summed E-state index contributed by atoms with van der Waals surface area (Å²) in [6.45, 7) is 8.49. The SMILES string of the molecule is CCc1cccc(C)c1NC(=O)C(CC)Sc1nc2ccccc2c(=O)n1CC. The second kappa shape index (κ2) is 9.27. The van der Waals surface area contributed by atoms with Crippen LogP contribution in [0.3, 0.4) is 0 Å². The Hall–Kier alpha value is -2.60. The largest absolute Gasteiger partial charge is 0.325 e. The minimum Gasteiger partial charge on any atom is -0.325 e. The quantitative estimate of drug-likeness (QED) is 0.450. The lowest BCUT2D eigenvalue weighted by atomic mass is 10.1. The van der Waals surface area contributed by atoms with E-state index in [1.54, 1.807) is 10.6 Å². The van der Waals surface area contributed by atoms with Crippen LogP contribution >= 0.6 is 11.8 Å². The molecular formula is C23H27N3O2S. The number of para-hydroxylation sites is 2. The second-order valence-electron chi connectivity index (χ2n) is 6.93. The molecule has 0 aliphatic heterocycles. The molecule has 0 spiro atoms. The van der Waals surface area contributed by atoms with Crippen LogP contribution in [0.25, 0.3) is 10.9 Å². The van der Waals surface area contributed by atoms with Crippen LogP contribution in [-0.2, 0) is 17.8 Å². The van der Waals surface area contributed by atoms with E-state index in [1.807, 2.05) is 57.2 Å². The number of aryl methyl sites for hydroxylation is 2. The van der Waals surface area contributed by atoms with Crippen LogP contribution in [0.2, 0.25) is 0 Å². The third-order valence-corrected chi connectivity index (χ3v) is 6.40. The number of fused-ring (bicyclic) bond motifs is 1. The molecule has 0 fully saturated rings. The fraction of sp³-hybridized carbons (Fsp3) is 0.348. The van der Waals surface area contributed by atoms with Crippen molar-refractivity contribution in [1.82, 2.24) is 9.55 Å². The van der Waals surface area contributed by atoms with E-state index in [9.17, 15) is 9.59 Å². The van der Waals surface area contributed by atoms with Gasteiger partial charge in [0.05, 0.1) is 16.2 Å². The predicted molar refractivity (Wildman–Crippen MR) is 121 cm³/mol. The molecule has 152 valence electrons. The fourth-order valence-electron chi connectivity index (χ4n) is 3.37. The van der Waals surface area contributed by atoms with Gasteiger partial charge in [0, 0.05) is 12.2 Å². The highest BCUT2D eigenvalue weighted by molar-refractivity contribution is 8.00. The van der Waals surface area contributed by atoms with Crippen molar-refractivity contribution >= 4 is 34.3 Å². The van der Waals surface area contributed by atoms with Gasteiger partial charge in [-0.3, -0.25) is 14.2 Å². The van der Waals surface area contributed by atoms with Crippen LogP contribution in [0.4, 0.5) is 5.69 Å². The number of nitrogens with one attached hydrogen (secondary N) is 1. The maximum Gasteiger partial charge on any atom is 0.262 e. The summed E-state index contributed by atoms with van der Waals surface area (Å²) in [5, 5.41) is 3.96. The van der Waals surface area contributed by atoms with Crippen molar-refractivity contribution in [2.24, 2.45) is 0 Å². The van der Waals surface area contributed by atoms with Gasteiger partial charge in [-0.2, -0.15) is 0 Å². The minimum atomic E-state index is -0.342. The van der Waals surface area contributed by atoms with Crippen LogP contribution in [0, 0.1) is 6.92 Å². The summed E-state index contributed by atoms with van der Waals surface area (Å²) in [6.07, 6.45) is 1.49. The highest BCUT2D eigenvalue weighted by atomic mass is 32.2. The standard InChI is InChI=1S/C23H27N3O2S/c1-5-16-12-10-11-15(4)20(16)25-21(27)19(6-2)29-23-24-18-14-9-8-13-17(18)22(28)26(23)7-3/h8-14,19H,5-7H2,1-4H3,(H,25,27). The number of amides is 1. The van der Waals surface area contributed by atoms with Gasteiger partial charge in [-0.25, -0.2) is 4.98 Å². The van der Waals surface area contributed by atoms with Gasteiger partial charge in [-0.1, -0.05) is 55.9 Å². The lowest BCUT2D eigenvalue weighted by Crippen LogP contribution is -2.28. The van der Waals surface area contributed by atoms with Crippen LogP contribution in [0.1, 0.15) is 38.3 Å². The second-order valence-corrected chi connectivity index (χ2v) is 8.10. The number of rotatable bonds is 7. The number of carbonyl (C=O) groups is 1. The number of anilines is 1. The average molecular weight is 410 g/mol. The molecule has 0 bridgehead atoms. The Bertz CT molecular complexity index is 1090. The Balaban J connectivity index is 1.92. The molecule has 1 atom stereocenters. The normalized spacial score (nSPS) is 12.1. The Morgan fingerprint density at radius 2 is 1.90 bits per heavy atom. The topological polar surface area (TPSA) is 64.0 Å². The lowest BCUT2D eigenvalue weighted by Gasteiger charge is -2.19. The Kier molecular flexibility index (Phi) is 6.75. The van der Waals surface area contributed by atoms with E-state index in [2.05, 4.69) is 17.2 Å². The van der Waals surface area contributed by atoms with Crippen LogP contribution in [0.15, 0.2) is 52.4 Å². The van der Waals surface area contributed by atoms with E-state index >= 15 is 0 Å². The smallest absolute Gasteiger partial charge is 0.262 e. The Morgan fingerprint density at radius 3 is 2.59 bits per heavy atom. The molecule has 1 aromatic heterocycles. The first-order valence-electron chi connectivity index (χ1n) is 10.1. The summed E-state index contributed by atoms with van der Waals surface area (Å²) >= 11 is 1.36. The van der Waals surface area contributed by atoms with E-state index in [1.165, 1.54) is 11.8 Å². The number of carbonyl (C=O) groups excluding carboxylic acids is 1. The summed E-state index contributed by atoms with van der Waals surface area (Å²) in [7, 11) is 0. The summed E-state index contributed by atoms with van der Waals surface area (Å²) in [6, 6.07) is 13.4. The summed E-state index contributed by atoms with van der Waals surface area (Å²) in [4.78, 5) is 30.6. The first-order chi connectivity index (χ1) is 14.0. The number of benzene rings is 2. The zero-order valence-corrected chi connectivity index (χ0v) is 18.2. The molecule has 2 aromatic carbocycles. The van der Waals surface area contributed by atoms with Crippen LogP contribution < -0.4 is 10.9 Å². The van der Waals surface area contributed by atoms with E-state index in [0.29, 0.717) is 29.0 Å². The molecule has 0 saturated carbocycles. The fourth-order valence-corrected chi connectivity index (χ4v) is 4.45. The van der Waals surface area contributed by atoms with Gasteiger partial charge in [0.2, 0.25) is 5.91 Å². The minimum absolute atomic E-state index is 0.0634. The highest BCUT2D eigenvalue weighted by Gasteiger charge is 2.22. The Morgan fingerprint density at radius 1 is 1.14 bits per heavy atom. The van der Waals surface area contributed by atoms with Crippen LogP contribution in [-0.4, -0.2) is 20.7 Å². The van der Waals surface area contributed by atoms with Gasteiger partial charge in [0.15, 0.2) is 5.16 Å². The molecule has 1 unspecified atom stereocenters. The molecule has 3 rings (SSSR count). The van der Waals surface area contributed by atoms with Crippen molar-refractivity contribution in [3.63, 3.8) is 0 Å². The molecule has 1 heterocycles. The van der Waals surface area contributed by atoms with Gasteiger partial charge in [0.25, 0.3) is 5.56 Å². The van der Waals surface area contributed by atoms with Crippen molar-refractivity contribution in [2.75, 3.05) is 5.32 Å². The average Bonchev–Trinajstić information content (AvgIpc) is 2.73. The molecule has 0 aliphatic rings. The van der Waals surface area contributed by atoms with Crippen molar-refractivity contribution in [1.29, 1.82) is 0 Å². The number of thioether (sulfide) groups is 1. The molecule has 29 heavy (non-hydrogen) atoms. The first-order valence-corrected chi connectivity index (χ1v) is 10.9. The van der Waals surface area contributed by atoms with Gasteiger partial charge in [-0.15, -0.1) is 0 Å². The third-order valence-electron chi connectivity index (χ3n) is 5.04. The van der Waals surface area contributed by atoms with Crippen LogP contribution in [0.5, 0.6) is 0 Å². The molecule has 0 aliphatic carbocycles. The van der Waals surface area contributed by atoms with E-state index in [-0.39, 0.29) is 16.7 Å². The van der Waals surface area contributed by atoms with Crippen molar-refractivity contribution < 1.29 is 4.79 Å². The number of hydrogen-bond donors (Lipinski definition) is 1. The highest BCUT2D eigenvalue weighted by Crippen LogP contribution is 2.27. The van der Waals surface area contributed by atoms with Crippen molar-refractivity contribution in [3.05, 3.63) is 63.9 Å². The van der Waals surface area contributed by atoms with Gasteiger partial charge in [0.1, 0.15) is 0 Å². The Labute approximate surface area is 175 Å². The number of nitrogens with zero attached hydrogens (tertiary/aromatic N) is 2. The van der Waals surface area contributed by atoms with E-state index in [4.69, 9.17) is 0 Å².